The smallest absolute Gasteiger partial charge is 0.338 e. The van der Waals surface area contributed by atoms with E-state index in [9.17, 15) is 9.59 Å². The Morgan fingerprint density at radius 3 is 2.39 bits per heavy atom. The Morgan fingerprint density at radius 2 is 1.78 bits per heavy atom. The lowest BCUT2D eigenvalue weighted by atomic mass is 9.96. The van der Waals surface area contributed by atoms with E-state index >= 15 is 0 Å². The van der Waals surface area contributed by atoms with Crippen molar-refractivity contribution in [2.24, 2.45) is 4.99 Å². The lowest BCUT2D eigenvalue weighted by molar-refractivity contribution is -0.139. The molecule has 0 saturated heterocycles. The SMILES string of the molecule is CCOC(=O)C1=C(C)N=c2s/c(=C/c3cc(C)n(-c4ccc(N(C)C)cc4)c3C)c(=O)n2[C@@H]1c1ccc(SC)cc1. The Hall–Kier alpha value is -3.82. The van der Waals surface area contributed by atoms with Gasteiger partial charge in [-0.3, -0.25) is 9.36 Å². The number of thiazole rings is 1. The predicted molar refractivity (Wildman–Crippen MR) is 168 cm³/mol. The van der Waals surface area contributed by atoms with Gasteiger partial charge in [0.05, 0.1) is 28.5 Å². The first-order valence-electron chi connectivity index (χ1n) is 13.4. The van der Waals surface area contributed by atoms with E-state index < -0.39 is 12.0 Å². The summed E-state index contributed by atoms with van der Waals surface area (Å²) < 4.78 is 9.82. The second-order valence-corrected chi connectivity index (χ2v) is 12.0. The third-order valence-corrected chi connectivity index (χ3v) is 9.06. The summed E-state index contributed by atoms with van der Waals surface area (Å²) in [4.78, 5) is 35.6. The van der Waals surface area contributed by atoms with E-state index in [0.29, 0.717) is 20.6 Å². The number of hydrogen-bond acceptors (Lipinski definition) is 7. The highest BCUT2D eigenvalue weighted by atomic mass is 32.2. The number of anilines is 1. The molecule has 0 aliphatic carbocycles. The molecule has 1 aliphatic heterocycles. The molecule has 0 amide bonds. The molecule has 1 aliphatic rings. The maximum atomic E-state index is 14.0. The van der Waals surface area contributed by atoms with Crippen LogP contribution in [-0.2, 0) is 9.53 Å². The van der Waals surface area contributed by atoms with Crippen molar-refractivity contribution in [1.82, 2.24) is 9.13 Å². The number of aromatic nitrogens is 2. The molecule has 5 rings (SSSR count). The molecule has 7 nitrogen and oxygen atoms in total. The molecule has 41 heavy (non-hydrogen) atoms. The van der Waals surface area contributed by atoms with E-state index in [-0.39, 0.29) is 12.2 Å². The van der Waals surface area contributed by atoms with Gasteiger partial charge in [0.2, 0.25) is 0 Å². The third kappa shape index (κ3) is 5.31. The van der Waals surface area contributed by atoms with Gasteiger partial charge in [-0.1, -0.05) is 23.5 Å². The van der Waals surface area contributed by atoms with Crippen LogP contribution in [0.5, 0.6) is 0 Å². The lowest BCUT2D eigenvalue weighted by Crippen LogP contribution is -2.39. The maximum absolute atomic E-state index is 14.0. The number of fused-ring (bicyclic) bond motifs is 1. The second-order valence-electron chi connectivity index (χ2n) is 10.1. The number of allylic oxidation sites excluding steroid dienone is 1. The molecule has 0 radical (unpaired) electrons. The Labute approximate surface area is 248 Å². The fourth-order valence-electron chi connectivity index (χ4n) is 5.27. The molecule has 9 heteroatoms. The van der Waals surface area contributed by atoms with Crippen molar-refractivity contribution < 1.29 is 9.53 Å². The average molecular weight is 587 g/mol. The van der Waals surface area contributed by atoms with Gasteiger partial charge in [0.15, 0.2) is 4.80 Å². The summed E-state index contributed by atoms with van der Waals surface area (Å²) in [6.45, 7) is 7.96. The summed E-state index contributed by atoms with van der Waals surface area (Å²) in [5.41, 5.74) is 6.89. The number of carbonyl (C=O) groups is 1. The minimum atomic E-state index is -0.619. The summed E-state index contributed by atoms with van der Waals surface area (Å²) in [6, 6.07) is 17.8. The van der Waals surface area contributed by atoms with Crippen LogP contribution < -0.4 is 19.8 Å². The first-order chi connectivity index (χ1) is 19.6. The largest absolute Gasteiger partial charge is 0.463 e. The molecule has 3 heterocycles. The van der Waals surface area contributed by atoms with Crippen molar-refractivity contribution in [3.63, 3.8) is 0 Å². The van der Waals surface area contributed by atoms with Crippen LogP contribution in [0.1, 0.15) is 42.4 Å². The van der Waals surface area contributed by atoms with Crippen LogP contribution in [-0.4, -0.2) is 42.1 Å². The molecule has 2 aromatic heterocycles. The summed E-state index contributed by atoms with van der Waals surface area (Å²) in [6.07, 6.45) is 3.95. The Morgan fingerprint density at radius 1 is 1.10 bits per heavy atom. The molecule has 212 valence electrons. The molecule has 1 atom stereocenters. The zero-order chi connectivity index (χ0) is 29.4. The number of esters is 1. The minimum Gasteiger partial charge on any atom is -0.463 e. The zero-order valence-electron chi connectivity index (χ0n) is 24.4. The molecule has 0 unspecified atom stereocenters. The minimum absolute atomic E-state index is 0.179. The highest BCUT2D eigenvalue weighted by molar-refractivity contribution is 7.98. The van der Waals surface area contributed by atoms with Gasteiger partial charge < -0.3 is 14.2 Å². The molecular weight excluding hydrogens is 553 g/mol. The normalized spacial score (nSPS) is 15.1. The van der Waals surface area contributed by atoms with Crippen LogP contribution in [0.25, 0.3) is 11.8 Å². The number of ether oxygens (including phenoxy) is 1. The quantitative estimate of drug-likeness (QED) is 0.225. The van der Waals surface area contributed by atoms with Gasteiger partial charge in [-0.15, -0.1) is 11.8 Å². The summed E-state index contributed by atoms with van der Waals surface area (Å²) in [5, 5.41) is 0. The summed E-state index contributed by atoms with van der Waals surface area (Å²) >= 11 is 2.98. The van der Waals surface area contributed by atoms with Gasteiger partial charge in [0.25, 0.3) is 5.56 Å². The predicted octanol–water partition coefficient (Wildman–Crippen LogP) is 4.99. The van der Waals surface area contributed by atoms with Crippen molar-refractivity contribution in [1.29, 1.82) is 0 Å². The van der Waals surface area contributed by atoms with E-state index in [2.05, 4.69) is 53.6 Å². The number of thioether (sulfide) groups is 1. The van der Waals surface area contributed by atoms with Crippen molar-refractivity contribution in [2.75, 3.05) is 31.9 Å². The molecule has 0 saturated carbocycles. The Kier molecular flexibility index (Phi) is 8.11. The van der Waals surface area contributed by atoms with E-state index in [0.717, 1.165) is 38.8 Å². The topological polar surface area (TPSA) is 68.8 Å². The van der Waals surface area contributed by atoms with Crippen LogP contribution >= 0.6 is 23.1 Å². The van der Waals surface area contributed by atoms with Crippen LogP contribution in [0, 0.1) is 13.8 Å². The van der Waals surface area contributed by atoms with E-state index in [1.165, 1.54) is 11.3 Å². The van der Waals surface area contributed by atoms with Crippen molar-refractivity contribution in [3.05, 3.63) is 108 Å². The van der Waals surface area contributed by atoms with Gasteiger partial charge in [-0.25, -0.2) is 9.79 Å². The average Bonchev–Trinajstić information content (AvgIpc) is 3.41. The molecule has 2 aromatic carbocycles. The number of benzene rings is 2. The lowest BCUT2D eigenvalue weighted by Gasteiger charge is -2.24. The van der Waals surface area contributed by atoms with Gasteiger partial charge in [0, 0.05) is 41.8 Å². The Bertz CT molecular complexity index is 1830. The molecule has 0 fully saturated rings. The monoisotopic (exact) mass is 586 g/mol. The molecule has 4 aromatic rings. The first-order valence-corrected chi connectivity index (χ1v) is 15.5. The highest BCUT2D eigenvalue weighted by Crippen LogP contribution is 2.32. The Balaban J connectivity index is 1.65. The number of hydrogen-bond donors (Lipinski definition) is 0. The van der Waals surface area contributed by atoms with Crippen LogP contribution in [0.15, 0.2) is 80.5 Å². The molecular formula is C32H34N4O3S2. The standard InChI is InChI=1S/C32H34N4O3S2/c1-8-39-31(38)28-20(3)33-32-36(29(28)22-9-15-26(40-7)16-10-22)30(37)27(41-32)18-23-17-19(2)35(21(23)4)25-13-11-24(12-14-25)34(5)6/h9-18,29H,8H2,1-7H3/b27-18+/t29-/m1/s1. The van der Waals surface area contributed by atoms with Gasteiger partial charge in [0.1, 0.15) is 0 Å². The highest BCUT2D eigenvalue weighted by Gasteiger charge is 2.33. The number of aryl methyl sites for hydroxylation is 1. The number of nitrogens with zero attached hydrogens (tertiary/aromatic N) is 4. The van der Waals surface area contributed by atoms with Crippen molar-refractivity contribution >= 4 is 40.8 Å². The number of carbonyl (C=O) groups excluding carboxylic acids is 1. The molecule has 0 N–H and O–H groups in total. The fraction of sp³-hybridized carbons (Fsp3) is 0.281. The van der Waals surface area contributed by atoms with Crippen LogP contribution in [0.2, 0.25) is 0 Å². The van der Waals surface area contributed by atoms with E-state index in [4.69, 9.17) is 9.73 Å². The van der Waals surface area contributed by atoms with Gasteiger partial charge in [-0.2, -0.15) is 0 Å². The van der Waals surface area contributed by atoms with E-state index in [1.807, 2.05) is 57.6 Å². The summed E-state index contributed by atoms with van der Waals surface area (Å²) in [5.74, 6) is -0.453. The van der Waals surface area contributed by atoms with Crippen molar-refractivity contribution in [2.45, 2.75) is 38.6 Å². The van der Waals surface area contributed by atoms with Gasteiger partial charge >= 0.3 is 5.97 Å². The fourth-order valence-corrected chi connectivity index (χ4v) is 6.71. The van der Waals surface area contributed by atoms with Gasteiger partial charge in [-0.05, 0) is 93.6 Å². The summed E-state index contributed by atoms with van der Waals surface area (Å²) in [7, 11) is 4.05. The molecule has 0 spiro atoms. The number of rotatable bonds is 7. The maximum Gasteiger partial charge on any atom is 0.338 e. The van der Waals surface area contributed by atoms with Crippen molar-refractivity contribution in [3.8, 4) is 5.69 Å². The van der Waals surface area contributed by atoms with Crippen LogP contribution in [0.3, 0.4) is 0 Å². The first kappa shape index (κ1) is 28.7. The second kappa shape index (κ2) is 11.6. The zero-order valence-corrected chi connectivity index (χ0v) is 26.0. The van der Waals surface area contributed by atoms with Crippen LogP contribution in [0.4, 0.5) is 5.69 Å². The van der Waals surface area contributed by atoms with E-state index in [1.54, 1.807) is 23.3 Å². The molecule has 0 bridgehead atoms. The third-order valence-electron chi connectivity index (χ3n) is 7.33.